The van der Waals surface area contributed by atoms with Crippen LogP contribution in [0.1, 0.15) is 16.8 Å². The van der Waals surface area contributed by atoms with Crippen LogP contribution < -0.4 is 0 Å². The first-order chi connectivity index (χ1) is 11.6. The van der Waals surface area contributed by atoms with Gasteiger partial charge in [0.25, 0.3) is 5.91 Å². The van der Waals surface area contributed by atoms with E-state index in [0.717, 1.165) is 24.2 Å². The third kappa shape index (κ3) is 3.55. The van der Waals surface area contributed by atoms with E-state index in [9.17, 15) is 9.90 Å². The Morgan fingerprint density at radius 1 is 1.29 bits per heavy atom. The second kappa shape index (κ2) is 7.24. The number of amides is 1. The lowest BCUT2D eigenvalue weighted by Crippen LogP contribution is -2.32. The fourth-order valence-electron chi connectivity index (χ4n) is 2.96. The van der Waals surface area contributed by atoms with Crippen molar-refractivity contribution in [1.82, 2.24) is 4.90 Å². The molecular formula is C19H20ClNO3. The van der Waals surface area contributed by atoms with Crippen LogP contribution in [0.3, 0.4) is 0 Å². The Hall–Kier alpha value is -2.04. The number of nitrogens with zero attached hydrogens (tertiary/aromatic N) is 1. The van der Waals surface area contributed by atoms with Gasteiger partial charge in [0.2, 0.25) is 0 Å². The molecule has 0 saturated carbocycles. The maximum Gasteiger partial charge on any atom is 0.257 e. The van der Waals surface area contributed by atoms with Crippen LogP contribution in [0.5, 0.6) is 5.75 Å². The molecule has 24 heavy (non-hydrogen) atoms. The molecule has 1 aliphatic rings. The molecule has 1 N–H and O–H groups in total. The van der Waals surface area contributed by atoms with Crippen molar-refractivity contribution in [2.75, 3.05) is 26.8 Å². The molecule has 1 aliphatic heterocycles. The van der Waals surface area contributed by atoms with Gasteiger partial charge in [-0.2, -0.15) is 0 Å². The van der Waals surface area contributed by atoms with Crippen LogP contribution in [0.25, 0.3) is 11.1 Å². The standard InChI is InChI=1S/C19H20ClNO3/c1-21(11-13-7-8-24-12-13)19(23)16-9-15(10-17(20)18(16)22)14-5-3-2-4-6-14/h2-6,9-10,13,22H,7-8,11-12H2,1H3/t13-/m0/s1. The van der Waals surface area contributed by atoms with Gasteiger partial charge in [-0.15, -0.1) is 0 Å². The minimum Gasteiger partial charge on any atom is -0.506 e. The number of aromatic hydroxyl groups is 1. The van der Waals surface area contributed by atoms with Crippen LogP contribution in [0.4, 0.5) is 0 Å². The average molecular weight is 346 g/mol. The maximum atomic E-state index is 12.8. The van der Waals surface area contributed by atoms with E-state index in [4.69, 9.17) is 16.3 Å². The van der Waals surface area contributed by atoms with Crippen LogP contribution in [0, 0.1) is 5.92 Å². The SMILES string of the molecule is CN(C[C@@H]1CCOC1)C(=O)c1cc(-c2ccccc2)cc(Cl)c1O. The van der Waals surface area contributed by atoms with Crippen molar-refractivity contribution in [3.63, 3.8) is 0 Å². The third-order valence-corrected chi connectivity index (χ3v) is 4.59. The van der Waals surface area contributed by atoms with Crippen molar-refractivity contribution < 1.29 is 14.6 Å². The summed E-state index contributed by atoms with van der Waals surface area (Å²) in [5.41, 5.74) is 1.97. The van der Waals surface area contributed by atoms with E-state index < -0.39 is 0 Å². The first-order valence-corrected chi connectivity index (χ1v) is 8.35. The second-order valence-corrected chi connectivity index (χ2v) is 6.54. The molecule has 0 spiro atoms. The number of rotatable bonds is 4. The zero-order valence-corrected chi connectivity index (χ0v) is 14.3. The summed E-state index contributed by atoms with van der Waals surface area (Å²) < 4.78 is 5.35. The molecule has 1 fully saturated rings. The van der Waals surface area contributed by atoms with E-state index in [1.165, 1.54) is 0 Å². The van der Waals surface area contributed by atoms with Crippen molar-refractivity contribution in [2.45, 2.75) is 6.42 Å². The maximum absolute atomic E-state index is 12.8. The predicted molar refractivity (Wildman–Crippen MR) is 94.4 cm³/mol. The normalized spacial score (nSPS) is 17.0. The predicted octanol–water partition coefficient (Wildman–Crippen LogP) is 3.82. The monoisotopic (exact) mass is 345 g/mol. The molecule has 0 aliphatic carbocycles. The van der Waals surface area contributed by atoms with Gasteiger partial charge in [0.1, 0.15) is 5.75 Å². The molecule has 2 aromatic carbocycles. The Balaban J connectivity index is 1.88. The Bertz CT molecular complexity index is 727. The molecule has 0 aromatic heterocycles. The number of hydrogen-bond donors (Lipinski definition) is 1. The number of phenolic OH excluding ortho intramolecular Hbond substituents is 1. The Morgan fingerprint density at radius 2 is 2.04 bits per heavy atom. The first-order valence-electron chi connectivity index (χ1n) is 7.97. The lowest BCUT2D eigenvalue weighted by molar-refractivity contribution is 0.0763. The summed E-state index contributed by atoms with van der Waals surface area (Å²) >= 11 is 6.15. The van der Waals surface area contributed by atoms with Gasteiger partial charge in [0.05, 0.1) is 17.2 Å². The number of halogens is 1. The van der Waals surface area contributed by atoms with Gasteiger partial charge in [-0.05, 0) is 29.7 Å². The van der Waals surface area contributed by atoms with E-state index in [1.54, 1.807) is 24.1 Å². The summed E-state index contributed by atoms with van der Waals surface area (Å²) in [5, 5.41) is 10.4. The smallest absolute Gasteiger partial charge is 0.257 e. The number of carbonyl (C=O) groups is 1. The summed E-state index contributed by atoms with van der Waals surface area (Å²) in [4.78, 5) is 14.4. The van der Waals surface area contributed by atoms with Crippen molar-refractivity contribution in [3.8, 4) is 16.9 Å². The zero-order chi connectivity index (χ0) is 17.1. The summed E-state index contributed by atoms with van der Waals surface area (Å²) in [6.07, 6.45) is 0.953. The van der Waals surface area contributed by atoms with Gasteiger partial charge in [-0.25, -0.2) is 0 Å². The number of hydrogen-bond acceptors (Lipinski definition) is 3. The topological polar surface area (TPSA) is 49.8 Å². The number of carbonyl (C=O) groups excluding carboxylic acids is 1. The van der Waals surface area contributed by atoms with Crippen molar-refractivity contribution in [1.29, 1.82) is 0 Å². The number of benzene rings is 2. The van der Waals surface area contributed by atoms with Crippen LogP contribution in [0.15, 0.2) is 42.5 Å². The third-order valence-electron chi connectivity index (χ3n) is 4.30. The molecule has 1 amide bonds. The van der Waals surface area contributed by atoms with Crippen molar-refractivity contribution >= 4 is 17.5 Å². The van der Waals surface area contributed by atoms with E-state index in [-0.39, 0.29) is 22.2 Å². The molecule has 0 radical (unpaired) electrons. The van der Waals surface area contributed by atoms with Gasteiger partial charge in [0, 0.05) is 26.1 Å². The van der Waals surface area contributed by atoms with Crippen molar-refractivity contribution in [2.24, 2.45) is 5.92 Å². The molecule has 1 heterocycles. The molecule has 4 nitrogen and oxygen atoms in total. The quantitative estimate of drug-likeness (QED) is 0.916. The second-order valence-electron chi connectivity index (χ2n) is 6.14. The summed E-state index contributed by atoms with van der Waals surface area (Å²) in [7, 11) is 1.74. The van der Waals surface area contributed by atoms with Crippen molar-refractivity contribution in [3.05, 3.63) is 53.1 Å². The number of phenols is 1. The van der Waals surface area contributed by atoms with E-state index in [0.29, 0.717) is 19.1 Å². The van der Waals surface area contributed by atoms with Crippen LogP contribution in [0.2, 0.25) is 5.02 Å². The molecular weight excluding hydrogens is 326 g/mol. The Morgan fingerprint density at radius 3 is 2.71 bits per heavy atom. The highest BCUT2D eigenvalue weighted by Gasteiger charge is 2.23. The lowest BCUT2D eigenvalue weighted by Gasteiger charge is -2.21. The van der Waals surface area contributed by atoms with Gasteiger partial charge in [-0.1, -0.05) is 41.9 Å². The molecule has 1 atom stereocenters. The molecule has 5 heteroatoms. The first kappa shape index (κ1) is 16.8. The van der Waals surface area contributed by atoms with Gasteiger partial charge in [0.15, 0.2) is 0 Å². The van der Waals surface area contributed by atoms with Crippen LogP contribution in [-0.4, -0.2) is 42.7 Å². The van der Waals surface area contributed by atoms with Gasteiger partial charge < -0.3 is 14.7 Å². The van der Waals surface area contributed by atoms with E-state index in [2.05, 4.69) is 0 Å². The summed E-state index contributed by atoms with van der Waals surface area (Å²) in [6, 6.07) is 13.0. The molecule has 2 aromatic rings. The summed E-state index contributed by atoms with van der Waals surface area (Å²) in [5.74, 6) is -0.0659. The molecule has 1 saturated heterocycles. The highest BCUT2D eigenvalue weighted by atomic mass is 35.5. The fourth-order valence-corrected chi connectivity index (χ4v) is 3.18. The highest BCUT2D eigenvalue weighted by Crippen LogP contribution is 2.34. The zero-order valence-electron chi connectivity index (χ0n) is 13.5. The fraction of sp³-hybridized carbons (Fsp3) is 0.316. The van der Waals surface area contributed by atoms with E-state index >= 15 is 0 Å². The van der Waals surface area contributed by atoms with Gasteiger partial charge in [-0.3, -0.25) is 4.79 Å². The van der Waals surface area contributed by atoms with Gasteiger partial charge >= 0.3 is 0 Å². The minimum absolute atomic E-state index is 0.170. The average Bonchev–Trinajstić information content (AvgIpc) is 3.10. The molecule has 0 unspecified atom stereocenters. The summed E-state index contributed by atoms with van der Waals surface area (Å²) in [6.45, 7) is 2.02. The minimum atomic E-state index is -0.237. The molecule has 0 bridgehead atoms. The Kier molecular flexibility index (Phi) is 5.07. The van der Waals surface area contributed by atoms with Crippen LogP contribution >= 0.6 is 11.6 Å². The number of ether oxygens (including phenoxy) is 1. The largest absolute Gasteiger partial charge is 0.506 e. The Labute approximate surface area is 146 Å². The molecule has 126 valence electrons. The molecule has 3 rings (SSSR count). The lowest BCUT2D eigenvalue weighted by atomic mass is 10.0. The van der Waals surface area contributed by atoms with E-state index in [1.807, 2.05) is 30.3 Å². The highest BCUT2D eigenvalue weighted by molar-refractivity contribution is 6.33. The van der Waals surface area contributed by atoms with Crippen LogP contribution in [-0.2, 0) is 4.74 Å².